The van der Waals surface area contributed by atoms with Crippen LogP contribution in [0.5, 0.6) is 0 Å². The molecular formula is C14H18N4O. The summed E-state index contributed by atoms with van der Waals surface area (Å²) in [7, 11) is 0. The van der Waals surface area contributed by atoms with Gasteiger partial charge in [-0.3, -0.25) is 4.79 Å². The average molecular weight is 258 g/mol. The van der Waals surface area contributed by atoms with Crippen molar-refractivity contribution in [1.29, 1.82) is 0 Å². The van der Waals surface area contributed by atoms with Gasteiger partial charge in [-0.05, 0) is 25.5 Å². The zero-order valence-electron chi connectivity index (χ0n) is 11.0. The highest BCUT2D eigenvalue weighted by atomic mass is 16.1. The molecule has 0 aliphatic carbocycles. The van der Waals surface area contributed by atoms with E-state index >= 15 is 0 Å². The van der Waals surface area contributed by atoms with Gasteiger partial charge in [0.2, 0.25) is 0 Å². The highest BCUT2D eigenvalue weighted by Gasteiger charge is 2.08. The lowest BCUT2D eigenvalue weighted by Gasteiger charge is -2.08. The molecule has 1 aromatic carbocycles. The van der Waals surface area contributed by atoms with Crippen molar-refractivity contribution in [2.75, 3.05) is 12.3 Å². The monoisotopic (exact) mass is 258 g/mol. The fourth-order valence-electron chi connectivity index (χ4n) is 1.84. The Morgan fingerprint density at radius 1 is 1.47 bits per heavy atom. The number of hydrogen-bond donors (Lipinski definition) is 2. The molecule has 100 valence electrons. The first kappa shape index (κ1) is 13.1. The predicted octanol–water partition coefficient (Wildman–Crippen LogP) is 1.59. The summed E-state index contributed by atoms with van der Waals surface area (Å²) < 4.78 is 1.98. The molecule has 0 aliphatic heterocycles. The molecule has 0 bridgehead atoms. The van der Waals surface area contributed by atoms with Crippen LogP contribution < -0.4 is 11.1 Å². The topological polar surface area (TPSA) is 72.9 Å². The standard InChI is InChI=1S/C14H18N4O/c1-11-3-4-13(15)12(9-11)14(19)17-5-2-7-18-8-6-16-10-18/h3-4,6,8-10H,2,5,7,15H2,1H3,(H,17,19). The van der Waals surface area contributed by atoms with E-state index in [4.69, 9.17) is 5.73 Å². The second kappa shape index (κ2) is 6.04. The van der Waals surface area contributed by atoms with E-state index in [0.29, 0.717) is 17.8 Å². The second-order valence-electron chi connectivity index (χ2n) is 4.50. The Kier molecular flexibility index (Phi) is 4.18. The third kappa shape index (κ3) is 3.58. The number of rotatable bonds is 5. The maximum atomic E-state index is 12.0. The lowest BCUT2D eigenvalue weighted by atomic mass is 10.1. The van der Waals surface area contributed by atoms with Crippen LogP contribution in [0.15, 0.2) is 36.9 Å². The largest absolute Gasteiger partial charge is 0.398 e. The van der Waals surface area contributed by atoms with Gasteiger partial charge in [0.25, 0.3) is 5.91 Å². The van der Waals surface area contributed by atoms with Gasteiger partial charge in [-0.15, -0.1) is 0 Å². The summed E-state index contributed by atoms with van der Waals surface area (Å²) in [6.07, 6.45) is 6.26. The molecule has 5 nitrogen and oxygen atoms in total. The van der Waals surface area contributed by atoms with Crippen LogP contribution in [0.25, 0.3) is 0 Å². The Morgan fingerprint density at radius 2 is 2.32 bits per heavy atom. The van der Waals surface area contributed by atoms with Crippen LogP contribution in [0.2, 0.25) is 0 Å². The van der Waals surface area contributed by atoms with E-state index in [0.717, 1.165) is 18.5 Å². The minimum Gasteiger partial charge on any atom is -0.398 e. The molecule has 0 fully saturated rings. The number of nitrogens with one attached hydrogen (secondary N) is 1. The Hall–Kier alpha value is -2.30. The Balaban J connectivity index is 1.82. The third-order valence-electron chi connectivity index (χ3n) is 2.89. The molecule has 0 unspecified atom stereocenters. The molecule has 0 aliphatic rings. The van der Waals surface area contributed by atoms with E-state index in [2.05, 4.69) is 10.3 Å². The quantitative estimate of drug-likeness (QED) is 0.632. The number of nitrogen functional groups attached to an aromatic ring is 1. The van der Waals surface area contributed by atoms with Gasteiger partial charge in [0, 0.05) is 31.2 Å². The van der Waals surface area contributed by atoms with Gasteiger partial charge in [0.05, 0.1) is 11.9 Å². The Bertz CT molecular complexity index is 549. The smallest absolute Gasteiger partial charge is 0.253 e. The molecule has 5 heteroatoms. The van der Waals surface area contributed by atoms with Gasteiger partial charge in [0.1, 0.15) is 0 Å². The van der Waals surface area contributed by atoms with Crippen molar-refractivity contribution in [3.8, 4) is 0 Å². The number of carbonyl (C=O) groups excluding carboxylic acids is 1. The van der Waals surface area contributed by atoms with Crippen molar-refractivity contribution < 1.29 is 4.79 Å². The van der Waals surface area contributed by atoms with Crippen molar-refractivity contribution in [3.63, 3.8) is 0 Å². The Labute approximate surface area is 112 Å². The number of anilines is 1. The van der Waals surface area contributed by atoms with Crippen molar-refractivity contribution in [2.24, 2.45) is 0 Å². The third-order valence-corrected chi connectivity index (χ3v) is 2.89. The molecule has 1 heterocycles. The lowest BCUT2D eigenvalue weighted by Crippen LogP contribution is -2.26. The van der Waals surface area contributed by atoms with Crippen LogP contribution in [0.3, 0.4) is 0 Å². The van der Waals surface area contributed by atoms with E-state index in [1.165, 1.54) is 0 Å². The number of aryl methyl sites for hydroxylation is 2. The first-order valence-corrected chi connectivity index (χ1v) is 6.27. The van der Waals surface area contributed by atoms with Crippen molar-refractivity contribution in [1.82, 2.24) is 14.9 Å². The van der Waals surface area contributed by atoms with E-state index in [9.17, 15) is 4.79 Å². The normalized spacial score (nSPS) is 10.4. The summed E-state index contributed by atoms with van der Waals surface area (Å²) in [6, 6.07) is 5.46. The van der Waals surface area contributed by atoms with Gasteiger partial charge < -0.3 is 15.6 Å². The van der Waals surface area contributed by atoms with E-state index in [1.54, 1.807) is 24.7 Å². The number of imidazole rings is 1. The van der Waals surface area contributed by atoms with Crippen LogP contribution in [0.4, 0.5) is 5.69 Å². The molecule has 19 heavy (non-hydrogen) atoms. The molecular weight excluding hydrogens is 240 g/mol. The van der Waals surface area contributed by atoms with Gasteiger partial charge in [-0.2, -0.15) is 0 Å². The summed E-state index contributed by atoms with van der Waals surface area (Å²) in [5.74, 6) is -0.119. The molecule has 0 atom stereocenters. The van der Waals surface area contributed by atoms with Crippen LogP contribution >= 0.6 is 0 Å². The molecule has 2 rings (SSSR count). The number of amides is 1. The van der Waals surface area contributed by atoms with Crippen LogP contribution in [-0.4, -0.2) is 22.0 Å². The number of benzene rings is 1. The second-order valence-corrected chi connectivity index (χ2v) is 4.50. The van der Waals surface area contributed by atoms with Gasteiger partial charge in [-0.1, -0.05) is 11.6 Å². The van der Waals surface area contributed by atoms with Crippen molar-refractivity contribution >= 4 is 11.6 Å². The van der Waals surface area contributed by atoms with Crippen LogP contribution in [-0.2, 0) is 6.54 Å². The molecule has 1 aromatic heterocycles. The predicted molar refractivity (Wildman–Crippen MR) is 74.8 cm³/mol. The van der Waals surface area contributed by atoms with Gasteiger partial charge in [-0.25, -0.2) is 4.98 Å². The number of hydrogen-bond acceptors (Lipinski definition) is 3. The highest BCUT2D eigenvalue weighted by Crippen LogP contribution is 2.13. The molecule has 1 amide bonds. The summed E-state index contributed by atoms with van der Waals surface area (Å²) in [5.41, 5.74) is 7.88. The molecule has 0 spiro atoms. The molecule has 0 saturated carbocycles. The lowest BCUT2D eigenvalue weighted by molar-refractivity contribution is 0.0953. The minimum atomic E-state index is -0.119. The Morgan fingerprint density at radius 3 is 3.05 bits per heavy atom. The summed E-state index contributed by atoms with van der Waals surface area (Å²) >= 11 is 0. The van der Waals surface area contributed by atoms with Gasteiger partial charge in [0.15, 0.2) is 0 Å². The van der Waals surface area contributed by atoms with E-state index in [1.807, 2.05) is 23.8 Å². The summed E-state index contributed by atoms with van der Waals surface area (Å²) in [6.45, 7) is 3.39. The first-order valence-electron chi connectivity index (χ1n) is 6.27. The number of carbonyl (C=O) groups is 1. The highest BCUT2D eigenvalue weighted by molar-refractivity contribution is 5.99. The number of aromatic nitrogens is 2. The summed E-state index contributed by atoms with van der Waals surface area (Å²) in [5, 5.41) is 2.88. The molecule has 2 aromatic rings. The minimum absolute atomic E-state index is 0.119. The van der Waals surface area contributed by atoms with E-state index in [-0.39, 0.29) is 5.91 Å². The molecule has 3 N–H and O–H groups in total. The fraction of sp³-hybridized carbons (Fsp3) is 0.286. The van der Waals surface area contributed by atoms with Crippen LogP contribution in [0, 0.1) is 6.92 Å². The maximum absolute atomic E-state index is 12.0. The maximum Gasteiger partial charge on any atom is 0.253 e. The number of nitrogens with two attached hydrogens (primary N) is 1. The average Bonchev–Trinajstić information content (AvgIpc) is 2.90. The SMILES string of the molecule is Cc1ccc(N)c(C(=O)NCCCn2ccnc2)c1. The zero-order valence-corrected chi connectivity index (χ0v) is 11.0. The van der Waals surface area contributed by atoms with Crippen molar-refractivity contribution in [2.45, 2.75) is 19.9 Å². The molecule has 0 saturated heterocycles. The summed E-state index contributed by atoms with van der Waals surface area (Å²) in [4.78, 5) is 15.9. The number of nitrogens with zero attached hydrogens (tertiary/aromatic N) is 2. The zero-order chi connectivity index (χ0) is 13.7. The molecule has 0 radical (unpaired) electrons. The fourth-order valence-corrected chi connectivity index (χ4v) is 1.84. The van der Waals surface area contributed by atoms with Crippen molar-refractivity contribution in [3.05, 3.63) is 48.0 Å². The van der Waals surface area contributed by atoms with Gasteiger partial charge >= 0.3 is 0 Å². The van der Waals surface area contributed by atoms with E-state index < -0.39 is 0 Å². The first-order chi connectivity index (χ1) is 9.16. The van der Waals surface area contributed by atoms with Crippen LogP contribution in [0.1, 0.15) is 22.3 Å².